The summed E-state index contributed by atoms with van der Waals surface area (Å²) < 4.78 is 5.50. The molecule has 2 amide bonds. The Morgan fingerprint density at radius 3 is 2.00 bits per heavy atom. The minimum Gasteiger partial charge on any atom is -0.494 e. The van der Waals surface area contributed by atoms with Gasteiger partial charge in [-0.05, 0) is 98.8 Å². The van der Waals surface area contributed by atoms with Gasteiger partial charge in [0.05, 0.1) is 17.9 Å². The third-order valence-corrected chi connectivity index (χ3v) is 6.06. The van der Waals surface area contributed by atoms with Gasteiger partial charge in [-0.15, -0.1) is 0 Å². The summed E-state index contributed by atoms with van der Waals surface area (Å²) in [5.41, 5.74) is 7.10. The number of hydrogen-bond donors (Lipinski definition) is 1. The molecule has 1 heterocycles. The summed E-state index contributed by atoms with van der Waals surface area (Å²) in [5, 5.41) is 3.25. The van der Waals surface area contributed by atoms with Crippen LogP contribution in [0.25, 0.3) is 5.57 Å². The van der Waals surface area contributed by atoms with Crippen molar-refractivity contribution in [3.63, 3.8) is 0 Å². The van der Waals surface area contributed by atoms with E-state index in [9.17, 15) is 9.59 Å². The van der Waals surface area contributed by atoms with Crippen molar-refractivity contribution >= 4 is 28.8 Å². The van der Waals surface area contributed by atoms with Crippen molar-refractivity contribution in [2.24, 2.45) is 0 Å². The highest BCUT2D eigenvalue weighted by molar-refractivity contribution is 6.46. The van der Waals surface area contributed by atoms with Gasteiger partial charge < -0.3 is 10.1 Å². The van der Waals surface area contributed by atoms with Crippen LogP contribution < -0.4 is 15.0 Å². The van der Waals surface area contributed by atoms with Gasteiger partial charge in [-0.3, -0.25) is 9.59 Å². The number of nitrogens with one attached hydrogen (secondary N) is 1. The van der Waals surface area contributed by atoms with Gasteiger partial charge in [-0.1, -0.05) is 24.3 Å². The van der Waals surface area contributed by atoms with Crippen LogP contribution in [0.2, 0.25) is 0 Å². The molecule has 0 fully saturated rings. The normalized spacial score (nSPS) is 13.7. The Hall–Kier alpha value is -3.86. The molecule has 33 heavy (non-hydrogen) atoms. The van der Waals surface area contributed by atoms with Gasteiger partial charge in [0.2, 0.25) is 0 Å². The van der Waals surface area contributed by atoms with E-state index in [1.807, 2.05) is 71.0 Å². The van der Waals surface area contributed by atoms with Crippen molar-refractivity contribution in [3.05, 3.63) is 94.2 Å². The molecule has 0 atom stereocenters. The minimum atomic E-state index is -0.379. The monoisotopic (exact) mass is 440 g/mol. The van der Waals surface area contributed by atoms with Gasteiger partial charge in [-0.2, -0.15) is 0 Å². The summed E-state index contributed by atoms with van der Waals surface area (Å²) in [6.45, 7) is 10.5. The van der Waals surface area contributed by atoms with Crippen molar-refractivity contribution in [3.8, 4) is 5.75 Å². The fourth-order valence-electron chi connectivity index (χ4n) is 3.87. The first kappa shape index (κ1) is 22.3. The first-order valence-corrected chi connectivity index (χ1v) is 11.1. The lowest BCUT2D eigenvalue weighted by Crippen LogP contribution is -2.32. The third kappa shape index (κ3) is 4.27. The van der Waals surface area contributed by atoms with Crippen LogP contribution in [0.15, 0.2) is 66.4 Å². The largest absolute Gasteiger partial charge is 0.494 e. The van der Waals surface area contributed by atoms with Gasteiger partial charge in [-0.25, -0.2) is 4.90 Å². The second kappa shape index (κ2) is 8.94. The number of aryl methyl sites for hydroxylation is 4. The summed E-state index contributed by atoms with van der Waals surface area (Å²) in [4.78, 5) is 28.4. The predicted molar refractivity (Wildman–Crippen MR) is 132 cm³/mol. The Labute approximate surface area is 194 Å². The van der Waals surface area contributed by atoms with Crippen LogP contribution in [0.5, 0.6) is 5.75 Å². The van der Waals surface area contributed by atoms with Gasteiger partial charge in [0, 0.05) is 5.69 Å². The average Bonchev–Trinajstić information content (AvgIpc) is 3.03. The lowest BCUT2D eigenvalue weighted by atomic mass is 9.99. The number of nitrogens with zero attached hydrogens (tertiary/aromatic N) is 1. The molecular weight excluding hydrogens is 412 g/mol. The number of ether oxygens (including phenoxy) is 1. The molecule has 3 aromatic carbocycles. The molecule has 0 aliphatic carbocycles. The number of anilines is 2. The standard InChI is InChI=1S/C28H28N2O3/c1-6-33-24-13-11-23(12-14-24)30-27(31)25(21-9-7-17(2)19(4)15-21)26(28(30)32)29-22-10-8-18(3)20(5)16-22/h7-16,29H,6H2,1-5H3. The molecule has 168 valence electrons. The zero-order chi connectivity index (χ0) is 23.7. The highest BCUT2D eigenvalue weighted by Crippen LogP contribution is 2.35. The Kier molecular flexibility index (Phi) is 6.05. The lowest BCUT2D eigenvalue weighted by Gasteiger charge is -2.16. The Morgan fingerprint density at radius 2 is 1.39 bits per heavy atom. The topological polar surface area (TPSA) is 58.6 Å². The molecular formula is C28H28N2O3. The maximum Gasteiger partial charge on any atom is 0.282 e. The van der Waals surface area contributed by atoms with Gasteiger partial charge >= 0.3 is 0 Å². The Bertz CT molecular complexity index is 1270. The van der Waals surface area contributed by atoms with E-state index in [-0.39, 0.29) is 17.5 Å². The number of hydrogen-bond acceptors (Lipinski definition) is 4. The van der Waals surface area contributed by atoms with Crippen LogP contribution in [0, 0.1) is 27.7 Å². The van der Waals surface area contributed by atoms with Crippen LogP contribution in [-0.2, 0) is 9.59 Å². The SMILES string of the molecule is CCOc1ccc(N2C(=O)C(Nc3ccc(C)c(C)c3)=C(c3ccc(C)c(C)c3)C2=O)cc1. The smallest absolute Gasteiger partial charge is 0.282 e. The molecule has 0 spiro atoms. The highest BCUT2D eigenvalue weighted by Gasteiger charge is 2.40. The van der Waals surface area contributed by atoms with Crippen LogP contribution in [0.3, 0.4) is 0 Å². The van der Waals surface area contributed by atoms with Crippen molar-refractivity contribution in [2.75, 3.05) is 16.8 Å². The molecule has 5 heteroatoms. The molecule has 0 saturated carbocycles. The maximum absolute atomic E-state index is 13.6. The highest BCUT2D eigenvalue weighted by atomic mass is 16.5. The molecule has 0 radical (unpaired) electrons. The van der Waals surface area contributed by atoms with E-state index in [1.165, 1.54) is 4.90 Å². The van der Waals surface area contributed by atoms with Gasteiger partial charge in [0.1, 0.15) is 11.4 Å². The summed E-state index contributed by atoms with van der Waals surface area (Å²) in [6, 6.07) is 18.7. The van der Waals surface area contributed by atoms with Crippen molar-refractivity contribution in [2.45, 2.75) is 34.6 Å². The maximum atomic E-state index is 13.6. The molecule has 4 rings (SSSR count). The van der Waals surface area contributed by atoms with E-state index in [1.54, 1.807) is 24.3 Å². The molecule has 1 aliphatic rings. The van der Waals surface area contributed by atoms with Gasteiger partial charge in [0.25, 0.3) is 11.8 Å². The zero-order valence-corrected chi connectivity index (χ0v) is 19.7. The molecule has 0 aromatic heterocycles. The molecule has 0 saturated heterocycles. The number of benzene rings is 3. The number of rotatable bonds is 6. The molecule has 5 nitrogen and oxygen atoms in total. The number of carbonyl (C=O) groups excluding carboxylic acids is 2. The van der Waals surface area contributed by atoms with E-state index in [0.29, 0.717) is 23.6 Å². The van der Waals surface area contributed by atoms with E-state index < -0.39 is 0 Å². The van der Waals surface area contributed by atoms with Crippen LogP contribution >= 0.6 is 0 Å². The number of imide groups is 1. The van der Waals surface area contributed by atoms with Crippen molar-refractivity contribution < 1.29 is 14.3 Å². The average molecular weight is 441 g/mol. The third-order valence-electron chi connectivity index (χ3n) is 6.06. The first-order chi connectivity index (χ1) is 15.8. The van der Waals surface area contributed by atoms with E-state index in [0.717, 1.165) is 33.5 Å². The molecule has 0 bridgehead atoms. The quantitative estimate of drug-likeness (QED) is 0.499. The Balaban J connectivity index is 1.79. The molecule has 1 N–H and O–H groups in total. The summed E-state index contributed by atoms with van der Waals surface area (Å²) in [7, 11) is 0. The summed E-state index contributed by atoms with van der Waals surface area (Å²) in [5.74, 6) is -0.0365. The zero-order valence-electron chi connectivity index (χ0n) is 19.7. The van der Waals surface area contributed by atoms with Crippen LogP contribution in [-0.4, -0.2) is 18.4 Å². The number of carbonyl (C=O) groups is 2. The lowest BCUT2D eigenvalue weighted by molar-refractivity contribution is -0.120. The fourth-order valence-corrected chi connectivity index (χ4v) is 3.87. The predicted octanol–water partition coefficient (Wildman–Crippen LogP) is 5.72. The van der Waals surface area contributed by atoms with E-state index >= 15 is 0 Å². The summed E-state index contributed by atoms with van der Waals surface area (Å²) in [6.07, 6.45) is 0. The molecule has 0 unspecified atom stereocenters. The fraction of sp³-hybridized carbons (Fsp3) is 0.214. The summed E-state index contributed by atoms with van der Waals surface area (Å²) >= 11 is 0. The van der Waals surface area contributed by atoms with E-state index in [4.69, 9.17) is 4.74 Å². The minimum absolute atomic E-state index is 0.278. The van der Waals surface area contributed by atoms with Crippen molar-refractivity contribution in [1.29, 1.82) is 0 Å². The Morgan fingerprint density at radius 1 is 0.758 bits per heavy atom. The van der Waals surface area contributed by atoms with Gasteiger partial charge in [0.15, 0.2) is 0 Å². The van der Waals surface area contributed by atoms with Crippen LogP contribution in [0.4, 0.5) is 11.4 Å². The van der Waals surface area contributed by atoms with Crippen LogP contribution in [0.1, 0.15) is 34.7 Å². The first-order valence-electron chi connectivity index (χ1n) is 11.1. The van der Waals surface area contributed by atoms with E-state index in [2.05, 4.69) is 5.32 Å². The second-order valence-corrected chi connectivity index (χ2v) is 8.35. The number of amides is 2. The molecule has 3 aromatic rings. The molecule has 1 aliphatic heterocycles. The van der Waals surface area contributed by atoms with Crippen molar-refractivity contribution in [1.82, 2.24) is 0 Å². The second-order valence-electron chi connectivity index (χ2n) is 8.35.